The van der Waals surface area contributed by atoms with Gasteiger partial charge in [-0.25, -0.2) is 13.1 Å². The van der Waals surface area contributed by atoms with Gasteiger partial charge in [0.25, 0.3) is 0 Å². The first-order chi connectivity index (χ1) is 9.92. The standard InChI is InChI=1S/C11H19N3O4S3/c1-3-12-11-9(14(15)16)8-10(20-11)21(17,18)13-6-4-5-7-19-2/h8,12-13H,3-7H2,1-2H3. The van der Waals surface area contributed by atoms with Gasteiger partial charge >= 0.3 is 5.69 Å². The van der Waals surface area contributed by atoms with E-state index in [1.807, 2.05) is 6.26 Å². The maximum Gasteiger partial charge on any atom is 0.304 e. The summed E-state index contributed by atoms with van der Waals surface area (Å²) in [7, 11) is -3.68. The van der Waals surface area contributed by atoms with Crippen molar-refractivity contribution in [2.45, 2.75) is 24.0 Å². The molecule has 0 bridgehead atoms. The van der Waals surface area contributed by atoms with Crippen LogP contribution in [0.1, 0.15) is 19.8 Å². The molecule has 0 aromatic carbocycles. The second kappa shape index (κ2) is 8.57. The van der Waals surface area contributed by atoms with Crippen LogP contribution in [0.2, 0.25) is 0 Å². The van der Waals surface area contributed by atoms with E-state index in [9.17, 15) is 18.5 Å². The van der Waals surface area contributed by atoms with Crippen molar-refractivity contribution >= 4 is 43.8 Å². The van der Waals surface area contributed by atoms with Gasteiger partial charge in [-0.15, -0.1) is 0 Å². The lowest BCUT2D eigenvalue weighted by atomic mass is 10.3. The molecule has 0 amide bonds. The van der Waals surface area contributed by atoms with Crippen molar-refractivity contribution in [3.8, 4) is 0 Å². The summed E-state index contributed by atoms with van der Waals surface area (Å²) >= 11 is 2.59. The third kappa shape index (κ3) is 5.46. The molecular formula is C11H19N3O4S3. The molecule has 0 atom stereocenters. The van der Waals surface area contributed by atoms with Gasteiger partial charge in [-0.1, -0.05) is 11.3 Å². The Morgan fingerprint density at radius 1 is 1.43 bits per heavy atom. The Balaban J connectivity index is 2.78. The van der Waals surface area contributed by atoms with E-state index < -0.39 is 14.9 Å². The first kappa shape index (κ1) is 18.2. The van der Waals surface area contributed by atoms with Crippen LogP contribution in [0.4, 0.5) is 10.7 Å². The smallest absolute Gasteiger partial charge is 0.304 e. The molecule has 2 N–H and O–H groups in total. The second-order valence-electron chi connectivity index (χ2n) is 4.16. The maximum atomic E-state index is 12.1. The molecule has 0 spiro atoms. The molecule has 0 fully saturated rings. The fourth-order valence-electron chi connectivity index (χ4n) is 1.56. The first-order valence-electron chi connectivity index (χ1n) is 6.43. The zero-order valence-electron chi connectivity index (χ0n) is 11.9. The zero-order chi connectivity index (χ0) is 15.9. The van der Waals surface area contributed by atoms with E-state index in [0.717, 1.165) is 36.0 Å². The summed E-state index contributed by atoms with van der Waals surface area (Å²) in [6, 6.07) is 1.10. The number of nitrogens with one attached hydrogen (secondary N) is 2. The Labute approximate surface area is 132 Å². The number of unbranched alkanes of at least 4 members (excludes halogenated alkanes) is 1. The second-order valence-corrected chi connectivity index (χ2v) is 8.20. The predicted octanol–water partition coefficient (Wildman–Crippen LogP) is 2.51. The van der Waals surface area contributed by atoms with Gasteiger partial charge < -0.3 is 5.32 Å². The molecule has 1 rings (SSSR count). The molecule has 0 unspecified atom stereocenters. The number of thioether (sulfide) groups is 1. The number of rotatable bonds is 10. The van der Waals surface area contributed by atoms with E-state index in [2.05, 4.69) is 10.0 Å². The summed E-state index contributed by atoms with van der Waals surface area (Å²) in [5, 5.41) is 14.0. The summed E-state index contributed by atoms with van der Waals surface area (Å²) in [5.41, 5.74) is -0.204. The Bertz CT molecular complexity index is 571. The monoisotopic (exact) mass is 353 g/mol. The molecule has 0 aliphatic carbocycles. The highest BCUT2D eigenvalue weighted by Crippen LogP contribution is 2.36. The van der Waals surface area contributed by atoms with Crippen LogP contribution in [-0.4, -0.2) is 38.4 Å². The Morgan fingerprint density at radius 2 is 2.14 bits per heavy atom. The minimum absolute atomic E-state index is 0.0324. The molecule has 1 aromatic heterocycles. The normalized spacial score (nSPS) is 11.5. The number of thiophene rings is 1. The number of hydrogen-bond acceptors (Lipinski definition) is 7. The summed E-state index contributed by atoms with van der Waals surface area (Å²) in [4.78, 5) is 10.3. The van der Waals surface area contributed by atoms with E-state index in [-0.39, 0.29) is 14.9 Å². The molecule has 21 heavy (non-hydrogen) atoms. The molecule has 7 nitrogen and oxygen atoms in total. The number of anilines is 1. The highest BCUT2D eigenvalue weighted by atomic mass is 32.2. The highest BCUT2D eigenvalue weighted by Gasteiger charge is 2.25. The Hall–Kier alpha value is -0.840. The van der Waals surface area contributed by atoms with Crippen LogP contribution in [0.5, 0.6) is 0 Å². The fraction of sp³-hybridized carbons (Fsp3) is 0.636. The Morgan fingerprint density at radius 3 is 2.71 bits per heavy atom. The van der Waals surface area contributed by atoms with Crippen LogP contribution < -0.4 is 10.0 Å². The SMILES string of the molecule is CCNc1sc(S(=O)(=O)NCCCCSC)cc1[N+](=O)[O-]. The van der Waals surface area contributed by atoms with E-state index in [1.165, 1.54) is 0 Å². The zero-order valence-corrected chi connectivity index (χ0v) is 14.4. The molecule has 1 aromatic rings. The van der Waals surface area contributed by atoms with Crippen LogP contribution in [0.25, 0.3) is 0 Å². The number of nitrogens with zero attached hydrogens (tertiary/aromatic N) is 1. The van der Waals surface area contributed by atoms with E-state index in [1.54, 1.807) is 18.7 Å². The average molecular weight is 353 g/mol. The lowest BCUT2D eigenvalue weighted by Crippen LogP contribution is -2.24. The summed E-state index contributed by atoms with van der Waals surface area (Å²) in [5.74, 6) is 0.983. The molecule has 0 aliphatic rings. The van der Waals surface area contributed by atoms with Crippen LogP contribution in [0.3, 0.4) is 0 Å². The van der Waals surface area contributed by atoms with Gasteiger partial charge in [0.2, 0.25) is 10.0 Å². The largest absolute Gasteiger partial charge is 0.372 e. The first-order valence-corrected chi connectivity index (χ1v) is 10.1. The van der Waals surface area contributed by atoms with E-state index >= 15 is 0 Å². The van der Waals surface area contributed by atoms with Gasteiger partial charge in [-0.05, 0) is 31.8 Å². The van der Waals surface area contributed by atoms with Crippen molar-refractivity contribution < 1.29 is 13.3 Å². The minimum Gasteiger partial charge on any atom is -0.372 e. The summed E-state index contributed by atoms with van der Waals surface area (Å²) in [6.45, 7) is 2.62. The van der Waals surface area contributed by atoms with Crippen LogP contribution in [0.15, 0.2) is 10.3 Å². The maximum absolute atomic E-state index is 12.1. The average Bonchev–Trinajstić information content (AvgIpc) is 2.84. The molecule has 0 saturated heterocycles. The third-order valence-electron chi connectivity index (χ3n) is 2.56. The van der Waals surface area contributed by atoms with Gasteiger partial charge in [0.05, 0.1) is 4.92 Å². The topological polar surface area (TPSA) is 101 Å². The quantitative estimate of drug-likeness (QED) is 0.381. The van der Waals surface area contributed by atoms with Crippen molar-refractivity contribution in [3.05, 3.63) is 16.2 Å². The molecule has 1 heterocycles. The van der Waals surface area contributed by atoms with Crippen molar-refractivity contribution in [1.29, 1.82) is 0 Å². The predicted molar refractivity (Wildman–Crippen MR) is 87.9 cm³/mol. The summed E-state index contributed by atoms with van der Waals surface area (Å²) in [6.07, 6.45) is 3.67. The van der Waals surface area contributed by atoms with Gasteiger partial charge in [0, 0.05) is 19.2 Å². The number of nitro groups is 1. The van der Waals surface area contributed by atoms with Gasteiger partial charge in [0.1, 0.15) is 4.21 Å². The van der Waals surface area contributed by atoms with Gasteiger partial charge in [-0.3, -0.25) is 10.1 Å². The van der Waals surface area contributed by atoms with E-state index in [4.69, 9.17) is 0 Å². The molecule has 120 valence electrons. The highest BCUT2D eigenvalue weighted by molar-refractivity contribution is 7.98. The summed E-state index contributed by atoms with van der Waals surface area (Å²) < 4.78 is 26.6. The molecular weight excluding hydrogens is 334 g/mol. The van der Waals surface area contributed by atoms with E-state index in [0.29, 0.717) is 13.1 Å². The molecule has 10 heteroatoms. The minimum atomic E-state index is -3.68. The molecule has 0 saturated carbocycles. The lowest BCUT2D eigenvalue weighted by Gasteiger charge is -2.03. The number of hydrogen-bond donors (Lipinski definition) is 2. The van der Waals surface area contributed by atoms with Crippen molar-refractivity contribution in [2.24, 2.45) is 0 Å². The van der Waals surface area contributed by atoms with Crippen molar-refractivity contribution in [1.82, 2.24) is 4.72 Å². The van der Waals surface area contributed by atoms with Gasteiger partial charge in [-0.2, -0.15) is 11.8 Å². The number of sulfonamides is 1. The van der Waals surface area contributed by atoms with Crippen LogP contribution >= 0.6 is 23.1 Å². The third-order valence-corrected chi connectivity index (χ3v) is 6.27. The molecule has 0 radical (unpaired) electrons. The molecule has 0 aliphatic heterocycles. The van der Waals surface area contributed by atoms with Crippen molar-refractivity contribution in [2.75, 3.05) is 30.4 Å². The van der Waals surface area contributed by atoms with Gasteiger partial charge in [0.15, 0.2) is 5.00 Å². The van der Waals surface area contributed by atoms with Crippen molar-refractivity contribution in [3.63, 3.8) is 0 Å². The van der Waals surface area contributed by atoms with Crippen LogP contribution in [-0.2, 0) is 10.0 Å². The fourth-order valence-corrected chi connectivity index (χ4v) is 4.57. The van der Waals surface area contributed by atoms with Crippen LogP contribution in [0, 0.1) is 10.1 Å². The Kier molecular flexibility index (Phi) is 7.43. The lowest BCUT2D eigenvalue weighted by molar-refractivity contribution is -0.383.